The van der Waals surface area contributed by atoms with Crippen LogP contribution in [0.4, 0.5) is 23.5 Å². The molecular formula is C24H21F4N3O5S. The highest BCUT2D eigenvalue weighted by Gasteiger charge is 2.34. The van der Waals surface area contributed by atoms with Crippen molar-refractivity contribution in [3.63, 3.8) is 0 Å². The minimum atomic E-state index is -4.54. The topological polar surface area (TPSA) is 99.6 Å². The average Bonchev–Trinajstić information content (AvgIpc) is 3.37. The molecule has 0 amide bonds. The Morgan fingerprint density at radius 2 is 1.76 bits per heavy atom. The fraction of sp³-hybridized carbons (Fsp3) is 0.333. The summed E-state index contributed by atoms with van der Waals surface area (Å²) in [6, 6.07) is 7.62. The van der Waals surface area contributed by atoms with Crippen LogP contribution in [0.3, 0.4) is 0 Å². The molecule has 2 atom stereocenters. The van der Waals surface area contributed by atoms with E-state index in [4.69, 9.17) is 14.2 Å². The summed E-state index contributed by atoms with van der Waals surface area (Å²) < 4.78 is 98.1. The largest absolute Gasteiger partial charge is 0.493 e. The minimum Gasteiger partial charge on any atom is -0.493 e. The molecule has 2 aliphatic heterocycles. The predicted octanol–water partition coefficient (Wildman–Crippen LogP) is 4.52. The van der Waals surface area contributed by atoms with E-state index < -0.39 is 33.5 Å². The van der Waals surface area contributed by atoms with Crippen LogP contribution in [0.5, 0.6) is 11.5 Å². The zero-order chi connectivity index (χ0) is 26.2. The van der Waals surface area contributed by atoms with E-state index in [2.05, 4.69) is 14.7 Å². The van der Waals surface area contributed by atoms with Gasteiger partial charge in [0.2, 0.25) is 5.95 Å². The van der Waals surface area contributed by atoms with Crippen molar-refractivity contribution >= 4 is 16.0 Å². The van der Waals surface area contributed by atoms with Crippen LogP contribution in [-0.4, -0.2) is 44.3 Å². The first-order valence-corrected chi connectivity index (χ1v) is 12.8. The Balaban J connectivity index is 1.48. The second kappa shape index (κ2) is 9.78. The molecule has 0 saturated carbocycles. The normalized spacial score (nSPS) is 19.7. The van der Waals surface area contributed by atoms with Crippen LogP contribution in [0, 0.1) is 5.82 Å². The predicted molar refractivity (Wildman–Crippen MR) is 122 cm³/mol. The van der Waals surface area contributed by atoms with Gasteiger partial charge in [-0.05, 0) is 24.6 Å². The molecule has 0 aliphatic carbocycles. The highest BCUT2D eigenvalue weighted by Crippen LogP contribution is 2.44. The Labute approximate surface area is 209 Å². The summed E-state index contributed by atoms with van der Waals surface area (Å²) in [7, 11) is -4.13. The lowest BCUT2D eigenvalue weighted by Gasteiger charge is -2.29. The molecule has 2 aliphatic rings. The fourth-order valence-electron chi connectivity index (χ4n) is 4.29. The van der Waals surface area contributed by atoms with E-state index in [0.29, 0.717) is 30.6 Å². The standard InChI is InChI=1S/C24H21F4N3O5S/c25-15-11-29-23(30-12-15)31-37(32,33)17-2-4-19-18(6-8-35-21(19)10-17)20-3-1-14(24(26,27)28)9-22(20)36-16-5-7-34-13-16/h1-4,9-12,16,18H,5-8,13H2,(H,29,30,31)/t16-,18?/m0/s1. The summed E-state index contributed by atoms with van der Waals surface area (Å²) in [5.41, 5.74) is 0.321. The Bertz CT molecular complexity index is 1390. The van der Waals surface area contributed by atoms with Crippen molar-refractivity contribution in [3.05, 3.63) is 71.3 Å². The molecule has 1 aromatic heterocycles. The van der Waals surface area contributed by atoms with Gasteiger partial charge in [0.1, 0.15) is 17.6 Å². The molecule has 1 fully saturated rings. The van der Waals surface area contributed by atoms with E-state index in [1.165, 1.54) is 18.2 Å². The van der Waals surface area contributed by atoms with Crippen molar-refractivity contribution in [3.8, 4) is 11.5 Å². The Morgan fingerprint density at radius 3 is 2.46 bits per heavy atom. The van der Waals surface area contributed by atoms with Crippen LogP contribution >= 0.6 is 0 Å². The second-order valence-electron chi connectivity index (χ2n) is 8.57. The summed E-state index contributed by atoms with van der Waals surface area (Å²) in [5, 5.41) is 0. The molecule has 8 nitrogen and oxygen atoms in total. The van der Waals surface area contributed by atoms with E-state index in [1.807, 2.05) is 0 Å². The van der Waals surface area contributed by atoms with E-state index >= 15 is 0 Å². The van der Waals surface area contributed by atoms with Gasteiger partial charge in [-0.25, -0.2) is 27.5 Å². The maximum atomic E-state index is 13.4. The first kappa shape index (κ1) is 25.2. The molecule has 196 valence electrons. The summed E-state index contributed by atoms with van der Waals surface area (Å²) in [6.45, 7) is 0.960. The van der Waals surface area contributed by atoms with Gasteiger partial charge in [-0.3, -0.25) is 0 Å². The molecule has 3 aromatic rings. The lowest BCUT2D eigenvalue weighted by molar-refractivity contribution is -0.137. The number of anilines is 1. The van der Waals surface area contributed by atoms with E-state index in [9.17, 15) is 26.0 Å². The molecule has 2 aromatic carbocycles. The van der Waals surface area contributed by atoms with Crippen molar-refractivity contribution in [2.24, 2.45) is 0 Å². The Kier molecular flexibility index (Phi) is 6.67. The molecule has 13 heteroatoms. The first-order valence-electron chi connectivity index (χ1n) is 11.3. The maximum absolute atomic E-state index is 13.4. The number of ether oxygens (including phenoxy) is 3. The van der Waals surface area contributed by atoms with Crippen molar-refractivity contribution in [1.29, 1.82) is 0 Å². The number of benzene rings is 2. The monoisotopic (exact) mass is 539 g/mol. The van der Waals surface area contributed by atoms with Gasteiger partial charge in [0.25, 0.3) is 10.0 Å². The average molecular weight is 540 g/mol. The van der Waals surface area contributed by atoms with Crippen LogP contribution in [-0.2, 0) is 20.9 Å². The molecule has 37 heavy (non-hydrogen) atoms. The summed E-state index contributed by atoms with van der Waals surface area (Å²) in [4.78, 5) is 7.04. The number of hydrogen-bond donors (Lipinski definition) is 1. The highest BCUT2D eigenvalue weighted by atomic mass is 32.2. The van der Waals surface area contributed by atoms with Gasteiger partial charge in [0.15, 0.2) is 5.82 Å². The third-order valence-corrected chi connectivity index (χ3v) is 7.40. The number of halogens is 4. The number of fused-ring (bicyclic) bond motifs is 1. The number of nitrogens with zero attached hydrogens (tertiary/aromatic N) is 2. The van der Waals surface area contributed by atoms with Gasteiger partial charge in [-0.1, -0.05) is 12.1 Å². The van der Waals surface area contributed by atoms with Gasteiger partial charge in [-0.15, -0.1) is 0 Å². The number of sulfonamides is 1. The lowest BCUT2D eigenvalue weighted by Crippen LogP contribution is -2.21. The third kappa shape index (κ3) is 5.47. The van der Waals surface area contributed by atoms with Gasteiger partial charge in [-0.2, -0.15) is 13.2 Å². The van der Waals surface area contributed by atoms with Gasteiger partial charge in [0.05, 0.1) is 42.7 Å². The van der Waals surface area contributed by atoms with Crippen molar-refractivity contribution < 1.29 is 40.2 Å². The molecule has 0 spiro atoms. The van der Waals surface area contributed by atoms with Crippen LogP contribution in [0.15, 0.2) is 53.7 Å². The van der Waals surface area contributed by atoms with Crippen LogP contribution in [0.1, 0.15) is 35.4 Å². The zero-order valence-corrected chi connectivity index (χ0v) is 20.0. The van der Waals surface area contributed by atoms with E-state index in [0.717, 1.165) is 24.5 Å². The number of nitrogens with one attached hydrogen (secondary N) is 1. The van der Waals surface area contributed by atoms with Crippen LogP contribution in [0.2, 0.25) is 0 Å². The van der Waals surface area contributed by atoms with Crippen molar-refractivity contribution in [2.45, 2.75) is 35.9 Å². The molecule has 1 N–H and O–H groups in total. The summed E-state index contributed by atoms with van der Waals surface area (Å²) in [6.07, 6.45) is -2.25. The van der Waals surface area contributed by atoms with E-state index in [-0.39, 0.29) is 41.7 Å². The molecule has 0 bridgehead atoms. The van der Waals surface area contributed by atoms with Gasteiger partial charge >= 0.3 is 6.18 Å². The number of rotatable bonds is 6. The quantitative estimate of drug-likeness (QED) is 0.460. The summed E-state index contributed by atoms with van der Waals surface area (Å²) >= 11 is 0. The first-order chi connectivity index (χ1) is 17.6. The SMILES string of the molecule is O=S(=O)(Nc1ncc(F)cn1)c1ccc2c(c1)OCCC2c1ccc(C(F)(F)F)cc1O[C@H]1CCOC1. The van der Waals surface area contributed by atoms with Gasteiger partial charge < -0.3 is 14.2 Å². The zero-order valence-electron chi connectivity index (χ0n) is 19.2. The van der Waals surface area contributed by atoms with Crippen molar-refractivity contribution in [2.75, 3.05) is 24.5 Å². The number of aromatic nitrogens is 2. The Hall–Kier alpha value is -3.45. The van der Waals surface area contributed by atoms with Crippen molar-refractivity contribution in [1.82, 2.24) is 9.97 Å². The molecule has 3 heterocycles. The minimum absolute atomic E-state index is 0.106. The number of alkyl halides is 3. The second-order valence-corrected chi connectivity index (χ2v) is 10.3. The lowest BCUT2D eigenvalue weighted by atomic mass is 9.85. The molecule has 1 saturated heterocycles. The molecular weight excluding hydrogens is 518 g/mol. The molecule has 1 unspecified atom stereocenters. The maximum Gasteiger partial charge on any atom is 0.416 e. The van der Waals surface area contributed by atoms with Crippen LogP contribution in [0.25, 0.3) is 0 Å². The third-order valence-electron chi connectivity index (χ3n) is 6.08. The smallest absolute Gasteiger partial charge is 0.416 e. The van der Waals surface area contributed by atoms with E-state index in [1.54, 1.807) is 6.07 Å². The fourth-order valence-corrected chi connectivity index (χ4v) is 5.26. The van der Waals surface area contributed by atoms with Crippen LogP contribution < -0.4 is 14.2 Å². The highest BCUT2D eigenvalue weighted by molar-refractivity contribution is 7.92. The summed E-state index contributed by atoms with van der Waals surface area (Å²) in [5.74, 6) is -1.04. The molecule has 5 rings (SSSR count). The van der Waals surface area contributed by atoms with Gasteiger partial charge in [0, 0.05) is 29.5 Å². The Morgan fingerprint density at radius 1 is 1.00 bits per heavy atom. The molecule has 0 radical (unpaired) electrons. The number of hydrogen-bond acceptors (Lipinski definition) is 7.